The van der Waals surface area contributed by atoms with Crippen LogP contribution in [-0.4, -0.2) is 74.2 Å². The Labute approximate surface area is 422 Å². The van der Waals surface area contributed by atoms with Gasteiger partial charge < -0.3 is 37.9 Å². The van der Waals surface area contributed by atoms with E-state index in [1.807, 2.05) is 0 Å². The van der Waals surface area contributed by atoms with Crippen LogP contribution in [0.1, 0.15) is 142 Å². The van der Waals surface area contributed by atoms with Gasteiger partial charge in [-0.15, -0.1) is 0 Å². The zero-order valence-electron chi connectivity index (χ0n) is 42.0. The summed E-state index contributed by atoms with van der Waals surface area (Å²) in [5.74, 6) is -2.57. The Bertz CT molecular complexity index is 2090. The highest BCUT2D eigenvalue weighted by Gasteiger charge is 2.38. The molecular weight excluding hydrogens is 929 g/mol. The topological polar surface area (TPSA) is 210 Å². The molecule has 0 saturated heterocycles. The summed E-state index contributed by atoms with van der Waals surface area (Å²) >= 11 is 0. The molecule has 0 atom stereocenters. The van der Waals surface area contributed by atoms with E-state index in [-0.39, 0.29) is 95.8 Å². The maximum atomic E-state index is 13.9. The summed E-state index contributed by atoms with van der Waals surface area (Å²) in [5, 5.41) is 0.297. The lowest BCUT2D eigenvalue weighted by molar-refractivity contribution is -0.151. The van der Waals surface area contributed by atoms with Crippen LogP contribution in [0, 0.1) is 47.3 Å². The van der Waals surface area contributed by atoms with E-state index in [1.54, 1.807) is 0 Å². The van der Waals surface area contributed by atoms with Crippen LogP contribution in [0.25, 0.3) is 10.8 Å². The average Bonchev–Trinajstić information content (AvgIpc) is 3.39. The van der Waals surface area contributed by atoms with E-state index in [0.717, 1.165) is 89.2 Å². The van der Waals surface area contributed by atoms with Gasteiger partial charge in [-0.3, -0.25) is 28.8 Å². The van der Waals surface area contributed by atoms with Crippen molar-refractivity contribution in [3.8, 4) is 23.0 Å². The summed E-state index contributed by atoms with van der Waals surface area (Å²) in [7, 11) is 0. The summed E-state index contributed by atoms with van der Waals surface area (Å²) in [4.78, 5) is 101. The molecule has 2 aromatic rings. The van der Waals surface area contributed by atoms with Crippen molar-refractivity contribution in [1.29, 1.82) is 0 Å². The van der Waals surface area contributed by atoms with Gasteiger partial charge in [-0.2, -0.15) is 0 Å². The van der Waals surface area contributed by atoms with E-state index < -0.39 is 35.8 Å². The summed E-state index contributed by atoms with van der Waals surface area (Å²) in [6.45, 7) is 10.3. The van der Waals surface area contributed by atoms with Gasteiger partial charge in [0.25, 0.3) is 0 Å². The largest absolute Gasteiger partial charge is 0.465 e. The average molecular weight is 1000 g/mol. The molecule has 4 aliphatic rings. The van der Waals surface area contributed by atoms with Crippen molar-refractivity contribution in [3.05, 3.63) is 49.6 Å². The molecule has 6 rings (SSSR count). The highest BCUT2D eigenvalue weighted by molar-refractivity contribution is 6.05. The smallest absolute Gasteiger partial charge is 0.330 e. The Balaban J connectivity index is 1.01. The Morgan fingerprint density at radius 1 is 0.389 bits per heavy atom. The van der Waals surface area contributed by atoms with E-state index >= 15 is 0 Å². The second kappa shape index (κ2) is 27.7. The fourth-order valence-corrected chi connectivity index (χ4v) is 11.2. The lowest BCUT2D eigenvalue weighted by Gasteiger charge is -2.37. The quantitative estimate of drug-likeness (QED) is 0.0353. The van der Waals surface area contributed by atoms with Crippen LogP contribution in [0.15, 0.2) is 49.6 Å². The third-order valence-electron chi connectivity index (χ3n) is 15.1. The molecule has 392 valence electrons. The minimum Gasteiger partial charge on any atom is -0.465 e. The van der Waals surface area contributed by atoms with Crippen LogP contribution in [0.2, 0.25) is 0 Å². The molecule has 0 amide bonds. The normalized spacial score (nSPS) is 24.1. The maximum absolute atomic E-state index is 13.9. The van der Waals surface area contributed by atoms with Crippen LogP contribution in [0.3, 0.4) is 0 Å². The van der Waals surface area contributed by atoms with E-state index in [1.165, 1.54) is 38.1 Å². The van der Waals surface area contributed by atoms with Crippen LogP contribution >= 0.6 is 0 Å². The van der Waals surface area contributed by atoms with Crippen molar-refractivity contribution in [2.75, 3.05) is 26.4 Å². The highest BCUT2D eigenvalue weighted by atomic mass is 16.6. The van der Waals surface area contributed by atoms with E-state index in [2.05, 4.69) is 13.2 Å². The van der Waals surface area contributed by atoms with Crippen molar-refractivity contribution in [2.45, 2.75) is 142 Å². The number of hydrogen-bond acceptors (Lipinski definition) is 16. The Morgan fingerprint density at radius 2 is 0.639 bits per heavy atom. The Morgan fingerprint density at radius 3 is 0.903 bits per heavy atom. The summed E-state index contributed by atoms with van der Waals surface area (Å²) in [6, 6.07) is 5.92. The Kier molecular flexibility index (Phi) is 21.2. The van der Waals surface area contributed by atoms with Crippen LogP contribution in [0.4, 0.5) is 0 Å². The van der Waals surface area contributed by atoms with Crippen LogP contribution < -0.4 is 18.9 Å². The van der Waals surface area contributed by atoms with Crippen molar-refractivity contribution in [1.82, 2.24) is 0 Å². The first-order chi connectivity index (χ1) is 34.7. The van der Waals surface area contributed by atoms with Crippen molar-refractivity contribution < 1.29 is 76.3 Å². The molecule has 0 N–H and O–H groups in total. The molecule has 0 heterocycles. The van der Waals surface area contributed by atoms with Gasteiger partial charge in [0.05, 0.1) is 60.9 Å². The predicted octanol–water partition coefficient (Wildman–Crippen LogP) is 9.83. The zero-order valence-corrected chi connectivity index (χ0v) is 42.0. The van der Waals surface area contributed by atoms with Gasteiger partial charge in [-0.1, -0.05) is 13.2 Å². The summed E-state index contributed by atoms with van der Waals surface area (Å²) in [6.07, 6.45) is 17.1. The van der Waals surface area contributed by atoms with Gasteiger partial charge in [0, 0.05) is 26.0 Å². The standard InChI is InChI=1S/C56H72O16/c1-5-49(59)65-31-7-9-33-67-53(61)41-19-11-37(12-20-41)39-15-23-43(24-16-39)55(63)71-47-29-30-48(52-46(70-36(4)58)28-27-45(51(47)52)69-35(3)57)72-56(64)44-25-17-40(18-26-44)38-13-21-42(22-14-38)54(62)68-34-10-8-32-66-50(60)6-2/h5-6,27-30,37-44H,1-2,7-26,31-34H2,3-4H3. The number of hydrogen-bond donors (Lipinski definition) is 0. The van der Waals surface area contributed by atoms with E-state index in [0.29, 0.717) is 75.0 Å². The number of carbonyl (C=O) groups is 8. The zero-order chi connectivity index (χ0) is 51.6. The molecule has 0 radical (unpaired) electrons. The fourth-order valence-electron chi connectivity index (χ4n) is 11.2. The molecule has 0 bridgehead atoms. The van der Waals surface area contributed by atoms with Crippen LogP contribution in [0.5, 0.6) is 23.0 Å². The van der Waals surface area contributed by atoms with E-state index in [4.69, 9.17) is 37.9 Å². The molecule has 16 nitrogen and oxygen atoms in total. The first-order valence-electron chi connectivity index (χ1n) is 26.1. The maximum Gasteiger partial charge on any atom is 0.330 e. The highest BCUT2D eigenvalue weighted by Crippen LogP contribution is 2.48. The molecule has 0 aliphatic heterocycles. The molecule has 4 aliphatic carbocycles. The number of rotatable bonds is 22. The first-order valence-corrected chi connectivity index (χ1v) is 26.1. The van der Waals surface area contributed by atoms with Gasteiger partial charge >= 0.3 is 47.8 Å². The van der Waals surface area contributed by atoms with Crippen LogP contribution in [-0.2, 0) is 57.3 Å². The lowest BCUT2D eigenvalue weighted by atomic mass is 9.69. The van der Waals surface area contributed by atoms with Gasteiger partial charge in [-0.05, 0) is 176 Å². The third-order valence-corrected chi connectivity index (χ3v) is 15.1. The predicted molar refractivity (Wildman–Crippen MR) is 262 cm³/mol. The SMILES string of the molecule is C=CC(=O)OCCCCOC(=O)C1CCC(C2CCC(C(=O)Oc3ccc(OC(=O)C4CCC(C5CCC(C(=O)OCCCCOC(=O)C=C)CC5)CC4)c4c(OC(C)=O)ccc(OC(C)=O)c34)CC2)CC1. The molecule has 0 unspecified atom stereocenters. The summed E-state index contributed by atoms with van der Waals surface area (Å²) < 4.78 is 44.4. The number of benzene rings is 2. The van der Waals surface area contributed by atoms with E-state index in [9.17, 15) is 38.4 Å². The van der Waals surface area contributed by atoms with Gasteiger partial charge in [0.15, 0.2) is 0 Å². The Hall–Kier alpha value is -6.06. The molecule has 16 heteroatoms. The summed E-state index contributed by atoms with van der Waals surface area (Å²) in [5.41, 5.74) is 0. The fraction of sp³-hybridized carbons (Fsp3) is 0.607. The second-order valence-electron chi connectivity index (χ2n) is 19.8. The molecule has 2 aromatic carbocycles. The number of esters is 8. The number of carbonyl (C=O) groups excluding carboxylic acids is 8. The molecule has 72 heavy (non-hydrogen) atoms. The minimum atomic E-state index is -0.635. The van der Waals surface area contributed by atoms with Gasteiger partial charge in [0.2, 0.25) is 0 Å². The molecule has 4 saturated carbocycles. The molecule has 4 fully saturated rings. The number of fused-ring (bicyclic) bond motifs is 1. The second-order valence-corrected chi connectivity index (χ2v) is 19.8. The van der Waals surface area contributed by atoms with Gasteiger partial charge in [-0.25, -0.2) is 9.59 Å². The number of unbranched alkanes of at least 4 members (excludes halogenated alkanes) is 2. The molecule has 0 spiro atoms. The van der Waals surface area contributed by atoms with Crippen molar-refractivity contribution in [3.63, 3.8) is 0 Å². The van der Waals surface area contributed by atoms with Gasteiger partial charge in [0.1, 0.15) is 23.0 Å². The monoisotopic (exact) mass is 1000 g/mol. The molecular formula is C56H72O16. The molecule has 0 aromatic heterocycles. The first kappa shape index (κ1) is 55.3. The van der Waals surface area contributed by atoms with Crippen molar-refractivity contribution in [2.24, 2.45) is 47.3 Å². The third kappa shape index (κ3) is 16.0. The lowest BCUT2D eigenvalue weighted by Crippen LogP contribution is -2.31. The number of ether oxygens (including phenoxy) is 8. The minimum absolute atomic E-state index is 0.0380. The van der Waals surface area contributed by atoms with Crippen molar-refractivity contribution >= 4 is 58.5 Å².